The molecule has 0 amide bonds. The predicted octanol–water partition coefficient (Wildman–Crippen LogP) is 3.68. The van der Waals surface area contributed by atoms with Crippen molar-refractivity contribution in [3.8, 4) is 11.8 Å². The molecule has 2 N–H and O–H groups in total. The summed E-state index contributed by atoms with van der Waals surface area (Å²) in [6, 6.07) is 6.25. The Kier molecular flexibility index (Phi) is 6.99. The average molecular weight is 436 g/mol. The number of benzene rings is 1. The van der Waals surface area contributed by atoms with Gasteiger partial charge in [0.15, 0.2) is 0 Å². The summed E-state index contributed by atoms with van der Waals surface area (Å²) in [4.78, 5) is 19.1. The molecule has 1 aromatic carbocycles. The van der Waals surface area contributed by atoms with E-state index < -0.39 is 11.9 Å². The molecule has 0 aliphatic heterocycles. The average Bonchev–Trinajstić information content (AvgIpc) is 3.43. The first-order chi connectivity index (χ1) is 14.3. The highest BCUT2D eigenvalue weighted by molar-refractivity contribution is 6.99. The van der Waals surface area contributed by atoms with Crippen LogP contribution in [0.4, 0.5) is 4.39 Å². The Hall–Kier alpha value is -3.01. The van der Waals surface area contributed by atoms with Crippen LogP contribution in [0.1, 0.15) is 37.7 Å². The molecule has 4 rings (SSSR count). The fraction of sp³-hybridized carbons (Fsp3) is 0.400. The van der Waals surface area contributed by atoms with Crippen LogP contribution in [0.3, 0.4) is 0 Å². The first-order valence-corrected chi connectivity index (χ1v) is 10.1. The normalized spacial score (nSPS) is 21.8. The van der Waals surface area contributed by atoms with E-state index in [1.807, 2.05) is 0 Å². The van der Waals surface area contributed by atoms with E-state index in [-0.39, 0.29) is 11.4 Å². The molecule has 160 valence electrons. The Bertz CT molecular complexity index is 890. The third-order valence-corrected chi connectivity index (χ3v) is 5.57. The fourth-order valence-electron chi connectivity index (χ4n) is 3.68. The quantitative estimate of drug-likeness (QED) is 0.631. The third kappa shape index (κ3) is 5.99. The van der Waals surface area contributed by atoms with E-state index in [1.165, 1.54) is 25.0 Å². The molecule has 1 heterocycles. The highest BCUT2D eigenvalue weighted by Crippen LogP contribution is 2.50. The van der Waals surface area contributed by atoms with E-state index in [4.69, 9.17) is 19.7 Å². The van der Waals surface area contributed by atoms with E-state index in [0.717, 1.165) is 42.5 Å². The first kappa shape index (κ1) is 21.7. The maximum absolute atomic E-state index is 12.9. The second-order valence-corrected chi connectivity index (χ2v) is 7.76. The van der Waals surface area contributed by atoms with Gasteiger partial charge in [-0.2, -0.15) is 0 Å². The number of rotatable bonds is 7. The number of aliphatic carboxylic acids is 2. The molecule has 8 nitrogen and oxygen atoms in total. The molecular formula is C20H21FN2O6S. The summed E-state index contributed by atoms with van der Waals surface area (Å²) in [6.07, 6.45) is 6.96. The highest BCUT2D eigenvalue weighted by Gasteiger charge is 2.47. The van der Waals surface area contributed by atoms with Gasteiger partial charge in [0.2, 0.25) is 0 Å². The zero-order chi connectivity index (χ0) is 21.6. The van der Waals surface area contributed by atoms with Crippen LogP contribution in [-0.2, 0) is 16.2 Å². The molecule has 0 atom stereocenters. The Morgan fingerprint density at radius 3 is 2.23 bits per heavy atom. The van der Waals surface area contributed by atoms with Crippen LogP contribution in [0.5, 0.6) is 11.8 Å². The molecule has 0 unspecified atom stereocenters. The van der Waals surface area contributed by atoms with E-state index in [9.17, 15) is 14.0 Å². The van der Waals surface area contributed by atoms with Gasteiger partial charge in [0.1, 0.15) is 18.0 Å². The number of hydrogen-bond acceptors (Lipinski definition) is 7. The van der Waals surface area contributed by atoms with Crippen LogP contribution in [0.15, 0.2) is 36.4 Å². The molecule has 30 heavy (non-hydrogen) atoms. The number of carboxylic acids is 2. The fourth-order valence-corrected chi connectivity index (χ4v) is 4.12. The number of carboxylic acid groups (broad SMARTS) is 2. The number of ether oxygens (including phenoxy) is 2. The summed E-state index contributed by atoms with van der Waals surface area (Å²) < 4.78 is 33.2. The Morgan fingerprint density at radius 1 is 1.10 bits per heavy atom. The van der Waals surface area contributed by atoms with Gasteiger partial charge in [0, 0.05) is 12.2 Å². The summed E-state index contributed by atoms with van der Waals surface area (Å²) in [7, 11) is 0. The summed E-state index contributed by atoms with van der Waals surface area (Å²) in [6.45, 7) is 0.331. The lowest BCUT2D eigenvalue weighted by atomic mass is 9.97. The zero-order valence-electron chi connectivity index (χ0n) is 16.0. The second kappa shape index (κ2) is 9.66. The molecule has 0 saturated heterocycles. The van der Waals surface area contributed by atoms with Crippen molar-refractivity contribution >= 4 is 23.7 Å². The molecule has 1 aromatic heterocycles. The number of carbonyl (C=O) groups is 2. The summed E-state index contributed by atoms with van der Waals surface area (Å²) in [5.41, 5.74) is 0.842. The second-order valence-electron chi connectivity index (χ2n) is 7.23. The summed E-state index contributed by atoms with van der Waals surface area (Å²) >= 11 is 1.10. The van der Waals surface area contributed by atoms with Gasteiger partial charge in [0.25, 0.3) is 11.8 Å². The van der Waals surface area contributed by atoms with Crippen molar-refractivity contribution in [1.29, 1.82) is 0 Å². The van der Waals surface area contributed by atoms with Gasteiger partial charge in [-0.1, -0.05) is 12.1 Å². The van der Waals surface area contributed by atoms with E-state index in [2.05, 4.69) is 8.75 Å². The predicted molar refractivity (Wildman–Crippen MR) is 105 cm³/mol. The lowest BCUT2D eigenvalue weighted by molar-refractivity contribution is -0.134. The third-order valence-electron chi connectivity index (χ3n) is 5.08. The Balaban J connectivity index is 0.000000275. The lowest BCUT2D eigenvalue weighted by Gasteiger charge is -2.26. The van der Waals surface area contributed by atoms with Crippen LogP contribution in [0.25, 0.3) is 0 Å². The molecule has 10 heteroatoms. The monoisotopic (exact) mass is 436 g/mol. The number of aromatic nitrogens is 2. The maximum atomic E-state index is 12.9. The van der Waals surface area contributed by atoms with Crippen molar-refractivity contribution < 1.29 is 33.7 Å². The molecule has 2 bridgehead atoms. The minimum atomic E-state index is -1.26. The molecule has 2 aromatic rings. The Morgan fingerprint density at radius 2 is 1.70 bits per heavy atom. The van der Waals surface area contributed by atoms with Crippen LogP contribution < -0.4 is 9.47 Å². The summed E-state index contributed by atoms with van der Waals surface area (Å²) in [5.74, 6) is -0.997. The zero-order valence-corrected chi connectivity index (χ0v) is 16.8. The number of hydrogen-bond donors (Lipinski definition) is 2. The van der Waals surface area contributed by atoms with Crippen LogP contribution in [0, 0.1) is 11.7 Å². The van der Waals surface area contributed by atoms with Gasteiger partial charge < -0.3 is 19.7 Å². The molecule has 2 saturated carbocycles. The van der Waals surface area contributed by atoms with Crippen LogP contribution in [0.2, 0.25) is 0 Å². The standard InChI is InChI=1S/C16H17FN2O2S.C4H4O4/c17-13-3-1-12(2-4-13)10-20-14-15(19-22-18-14)21-16-7-5-11(9-16)6-8-16;5-3(6)1-2-4(7)8/h1-4,11H,5-10H2;1-2H,(H,5,6)(H,7,8)/b;2-1-. The van der Waals surface area contributed by atoms with Crippen LogP contribution >= 0.6 is 11.7 Å². The van der Waals surface area contributed by atoms with Crippen LogP contribution in [-0.4, -0.2) is 36.5 Å². The lowest BCUT2D eigenvalue weighted by Crippen LogP contribution is -2.30. The van der Waals surface area contributed by atoms with E-state index in [0.29, 0.717) is 30.5 Å². The Labute approximate surface area is 176 Å². The minimum absolute atomic E-state index is 0.0472. The molecule has 0 radical (unpaired) electrons. The molecule has 0 spiro atoms. The first-order valence-electron chi connectivity index (χ1n) is 9.38. The topological polar surface area (TPSA) is 119 Å². The van der Waals surface area contributed by atoms with Crippen molar-refractivity contribution in [3.05, 3.63) is 47.8 Å². The van der Waals surface area contributed by atoms with Gasteiger partial charge in [-0.25, -0.2) is 14.0 Å². The molecule has 2 aliphatic carbocycles. The van der Waals surface area contributed by atoms with Crippen molar-refractivity contribution in [2.75, 3.05) is 0 Å². The smallest absolute Gasteiger partial charge is 0.328 e. The molecule has 2 aliphatic rings. The van der Waals surface area contributed by atoms with Gasteiger partial charge in [-0.15, -0.1) is 8.75 Å². The van der Waals surface area contributed by atoms with E-state index >= 15 is 0 Å². The van der Waals surface area contributed by atoms with Gasteiger partial charge in [-0.05, 0) is 55.7 Å². The maximum Gasteiger partial charge on any atom is 0.328 e. The number of halogens is 1. The minimum Gasteiger partial charge on any atom is -0.478 e. The van der Waals surface area contributed by atoms with Crippen molar-refractivity contribution in [2.24, 2.45) is 5.92 Å². The highest BCUT2D eigenvalue weighted by atomic mass is 32.1. The van der Waals surface area contributed by atoms with Gasteiger partial charge >= 0.3 is 11.9 Å². The SMILES string of the molecule is Fc1ccc(COc2nsnc2OC23CCC(CC2)C3)cc1.O=C(O)/C=C\C(=O)O. The molecular weight excluding hydrogens is 415 g/mol. The van der Waals surface area contributed by atoms with Gasteiger partial charge in [-0.3, -0.25) is 0 Å². The number of fused-ring (bicyclic) bond motifs is 2. The van der Waals surface area contributed by atoms with Crippen molar-refractivity contribution in [3.63, 3.8) is 0 Å². The van der Waals surface area contributed by atoms with Crippen molar-refractivity contribution in [2.45, 2.75) is 44.3 Å². The number of nitrogens with zero attached hydrogens (tertiary/aromatic N) is 2. The van der Waals surface area contributed by atoms with E-state index in [1.54, 1.807) is 12.1 Å². The largest absolute Gasteiger partial charge is 0.478 e. The molecule has 2 fully saturated rings. The summed E-state index contributed by atoms with van der Waals surface area (Å²) in [5, 5.41) is 15.6. The van der Waals surface area contributed by atoms with Crippen molar-refractivity contribution in [1.82, 2.24) is 8.75 Å². The van der Waals surface area contributed by atoms with Gasteiger partial charge in [0.05, 0.1) is 11.7 Å².